The fourth-order valence-electron chi connectivity index (χ4n) is 0.509. The summed E-state index contributed by atoms with van der Waals surface area (Å²) in [6.07, 6.45) is 1.46. The monoisotopic (exact) mass is 119 g/mol. The smallest absolute Gasteiger partial charge is 0.146 e. The van der Waals surface area contributed by atoms with Gasteiger partial charge in [-0.1, -0.05) is 5.46 Å². The summed E-state index contributed by atoms with van der Waals surface area (Å²) < 4.78 is 0. The summed E-state index contributed by atoms with van der Waals surface area (Å²) in [5.41, 5.74) is 11.6. The molecule has 0 aliphatic heterocycles. The molecule has 0 bridgehead atoms. The Labute approximate surface area is 54.5 Å². The summed E-state index contributed by atoms with van der Waals surface area (Å²) in [5, 5.41) is 0. The fourth-order valence-corrected chi connectivity index (χ4v) is 0.509. The Bertz CT molecular complexity index is 223. The lowest BCUT2D eigenvalue weighted by Crippen LogP contribution is -2.07. The topological polar surface area (TPSA) is 64.9 Å². The molecule has 1 aromatic heterocycles. The summed E-state index contributed by atoms with van der Waals surface area (Å²) in [6, 6.07) is 1.57. The molecule has 0 aliphatic rings. The number of hydrogen-bond acceptors (Lipinski definition) is 3. The van der Waals surface area contributed by atoms with E-state index in [1.165, 1.54) is 6.20 Å². The van der Waals surface area contributed by atoms with E-state index in [9.17, 15) is 0 Å². The van der Waals surface area contributed by atoms with Crippen LogP contribution >= 0.6 is 0 Å². The number of nitrogens with zero attached hydrogens (tertiary/aromatic N) is 1. The van der Waals surface area contributed by atoms with Gasteiger partial charge in [-0.2, -0.15) is 0 Å². The zero-order valence-corrected chi connectivity index (χ0v) is 4.83. The van der Waals surface area contributed by atoms with Gasteiger partial charge in [0.25, 0.3) is 0 Å². The third-order valence-electron chi connectivity index (χ3n) is 0.971. The summed E-state index contributed by atoms with van der Waals surface area (Å²) in [6.45, 7) is 0. The number of hydrogen-bond donors (Lipinski definition) is 2. The molecule has 0 amide bonds. The maximum Gasteiger partial charge on any atom is 0.146 e. The first-order chi connectivity index (χ1) is 4.20. The van der Waals surface area contributed by atoms with Crippen molar-refractivity contribution in [2.45, 2.75) is 0 Å². The standard InChI is InChI=1S/C5H6BN3/c6-3-1-4(7)5(8)9-2-3/h1-2H,7H2,(H2,8,9). The normalized spacial score (nSPS) is 9.33. The number of aromatic nitrogens is 1. The second kappa shape index (κ2) is 1.97. The molecule has 0 spiro atoms. The van der Waals surface area contributed by atoms with E-state index >= 15 is 0 Å². The van der Waals surface area contributed by atoms with Crippen LogP contribution in [0.2, 0.25) is 0 Å². The van der Waals surface area contributed by atoms with Crippen molar-refractivity contribution in [3.63, 3.8) is 0 Å². The molecule has 0 aliphatic carbocycles. The van der Waals surface area contributed by atoms with Crippen LogP contribution in [-0.2, 0) is 0 Å². The Morgan fingerprint density at radius 1 is 1.44 bits per heavy atom. The van der Waals surface area contributed by atoms with E-state index in [2.05, 4.69) is 4.98 Å². The van der Waals surface area contributed by atoms with E-state index < -0.39 is 0 Å². The van der Waals surface area contributed by atoms with Crippen molar-refractivity contribution in [1.29, 1.82) is 0 Å². The maximum atomic E-state index is 5.35. The quantitative estimate of drug-likeness (QED) is 0.432. The van der Waals surface area contributed by atoms with E-state index in [4.69, 9.17) is 19.3 Å². The van der Waals surface area contributed by atoms with E-state index in [0.29, 0.717) is 17.0 Å². The number of nitrogen functional groups attached to an aromatic ring is 2. The van der Waals surface area contributed by atoms with Gasteiger partial charge in [0.05, 0.1) is 5.69 Å². The highest BCUT2D eigenvalue weighted by atomic mass is 14.9. The Morgan fingerprint density at radius 3 is 2.56 bits per heavy atom. The first-order valence-electron chi connectivity index (χ1n) is 2.46. The number of pyridine rings is 1. The number of nitrogens with two attached hydrogens (primary N) is 2. The molecule has 0 saturated carbocycles. The van der Waals surface area contributed by atoms with Crippen LogP contribution in [0.15, 0.2) is 12.3 Å². The average Bonchev–Trinajstić information content (AvgIpc) is 1.80. The zero-order chi connectivity index (χ0) is 6.85. The molecule has 2 radical (unpaired) electrons. The van der Waals surface area contributed by atoms with Crippen molar-refractivity contribution in [2.75, 3.05) is 11.5 Å². The highest BCUT2D eigenvalue weighted by Crippen LogP contribution is 2.04. The van der Waals surface area contributed by atoms with Crippen LogP contribution in [0.3, 0.4) is 0 Å². The molecule has 0 aromatic carbocycles. The minimum absolute atomic E-state index is 0.323. The average molecular weight is 119 g/mol. The predicted octanol–water partition coefficient (Wildman–Crippen LogP) is -0.960. The second-order valence-corrected chi connectivity index (χ2v) is 1.74. The van der Waals surface area contributed by atoms with Crippen LogP contribution in [0.1, 0.15) is 0 Å². The van der Waals surface area contributed by atoms with Crippen molar-refractivity contribution in [3.8, 4) is 0 Å². The predicted molar refractivity (Wildman–Crippen MR) is 38.4 cm³/mol. The molecule has 4 heteroatoms. The van der Waals surface area contributed by atoms with Crippen molar-refractivity contribution < 1.29 is 0 Å². The number of rotatable bonds is 0. The van der Waals surface area contributed by atoms with Crippen LogP contribution in [0, 0.1) is 0 Å². The second-order valence-electron chi connectivity index (χ2n) is 1.74. The van der Waals surface area contributed by atoms with Crippen LogP contribution in [0.25, 0.3) is 0 Å². The lowest BCUT2D eigenvalue weighted by Gasteiger charge is -1.97. The van der Waals surface area contributed by atoms with Gasteiger partial charge in [0.15, 0.2) is 0 Å². The van der Waals surface area contributed by atoms with Crippen LogP contribution < -0.4 is 16.9 Å². The molecule has 4 N–H and O–H groups in total. The summed E-state index contributed by atoms with van der Waals surface area (Å²) in [5.74, 6) is 0.323. The van der Waals surface area contributed by atoms with Crippen LogP contribution in [0.5, 0.6) is 0 Å². The highest BCUT2D eigenvalue weighted by molar-refractivity contribution is 6.32. The Hall–Kier alpha value is -1.19. The van der Waals surface area contributed by atoms with Crippen LogP contribution in [-0.4, -0.2) is 12.8 Å². The maximum absolute atomic E-state index is 5.35. The van der Waals surface area contributed by atoms with Gasteiger partial charge in [0, 0.05) is 6.20 Å². The molecule has 1 heterocycles. The molecule has 9 heavy (non-hydrogen) atoms. The molecule has 0 saturated heterocycles. The first kappa shape index (κ1) is 5.94. The molecule has 3 nitrogen and oxygen atoms in total. The largest absolute Gasteiger partial charge is 0.396 e. The molecule has 1 rings (SSSR count). The Kier molecular flexibility index (Phi) is 1.30. The van der Waals surface area contributed by atoms with Gasteiger partial charge in [0.2, 0.25) is 0 Å². The van der Waals surface area contributed by atoms with Gasteiger partial charge in [0.1, 0.15) is 13.7 Å². The zero-order valence-electron chi connectivity index (χ0n) is 4.83. The molecule has 0 atom stereocenters. The van der Waals surface area contributed by atoms with E-state index in [0.717, 1.165) is 0 Å². The van der Waals surface area contributed by atoms with Crippen molar-refractivity contribution >= 4 is 24.8 Å². The van der Waals surface area contributed by atoms with Crippen molar-refractivity contribution in [3.05, 3.63) is 12.3 Å². The summed E-state index contributed by atoms with van der Waals surface area (Å²) in [7, 11) is 5.33. The minimum atomic E-state index is 0.323. The number of anilines is 2. The molecule has 1 aromatic rings. The Morgan fingerprint density at radius 2 is 2.11 bits per heavy atom. The third-order valence-corrected chi connectivity index (χ3v) is 0.971. The van der Waals surface area contributed by atoms with Gasteiger partial charge in [-0.15, -0.1) is 0 Å². The highest BCUT2D eigenvalue weighted by Gasteiger charge is 1.91. The van der Waals surface area contributed by atoms with E-state index in [1.54, 1.807) is 6.07 Å². The summed E-state index contributed by atoms with van der Waals surface area (Å²) >= 11 is 0. The van der Waals surface area contributed by atoms with Gasteiger partial charge in [-0.25, -0.2) is 4.98 Å². The third kappa shape index (κ3) is 1.13. The van der Waals surface area contributed by atoms with Crippen molar-refractivity contribution in [2.24, 2.45) is 0 Å². The molecule has 0 unspecified atom stereocenters. The minimum Gasteiger partial charge on any atom is -0.396 e. The van der Waals surface area contributed by atoms with Gasteiger partial charge in [-0.05, 0) is 6.07 Å². The van der Waals surface area contributed by atoms with Crippen molar-refractivity contribution in [1.82, 2.24) is 4.98 Å². The van der Waals surface area contributed by atoms with E-state index in [1.807, 2.05) is 0 Å². The van der Waals surface area contributed by atoms with Gasteiger partial charge >= 0.3 is 0 Å². The van der Waals surface area contributed by atoms with Crippen LogP contribution in [0.4, 0.5) is 11.5 Å². The summed E-state index contributed by atoms with van der Waals surface area (Å²) in [4.78, 5) is 3.71. The molecular weight excluding hydrogens is 113 g/mol. The fraction of sp³-hybridized carbons (Fsp3) is 0. The molecular formula is C5H6BN3. The van der Waals surface area contributed by atoms with Gasteiger partial charge in [-0.3, -0.25) is 0 Å². The Balaban J connectivity index is 3.17. The lowest BCUT2D eigenvalue weighted by molar-refractivity contribution is 1.36. The SMILES string of the molecule is [B]c1cnc(N)c(N)c1. The van der Waals surface area contributed by atoms with Gasteiger partial charge < -0.3 is 11.5 Å². The molecule has 44 valence electrons. The van der Waals surface area contributed by atoms with E-state index in [-0.39, 0.29) is 0 Å². The lowest BCUT2D eigenvalue weighted by atomic mass is 9.98. The first-order valence-corrected chi connectivity index (χ1v) is 2.46. The molecule has 0 fully saturated rings.